The molecule has 1 aliphatic heterocycles. The molecule has 2 atom stereocenters. The van der Waals surface area contributed by atoms with Crippen molar-refractivity contribution in [2.75, 3.05) is 6.54 Å². The van der Waals surface area contributed by atoms with Gasteiger partial charge in [-0.05, 0) is 32.7 Å². The van der Waals surface area contributed by atoms with Crippen LogP contribution in [0.15, 0.2) is 5.38 Å². The molecule has 2 unspecified atom stereocenters. The fraction of sp³-hybridized carbons (Fsp3) is 0.727. The molecule has 3 nitrogen and oxygen atoms in total. The van der Waals surface area contributed by atoms with Gasteiger partial charge in [0.2, 0.25) is 0 Å². The molecule has 0 aliphatic carbocycles. The van der Waals surface area contributed by atoms with Crippen LogP contribution in [0.2, 0.25) is 0 Å². The Hall–Kier alpha value is -0.450. The normalized spacial score (nSPS) is 31.8. The first-order valence-electron chi connectivity index (χ1n) is 5.52. The number of nitrogens with zero attached hydrogens (tertiary/aromatic N) is 1. The summed E-state index contributed by atoms with van der Waals surface area (Å²) in [6, 6.07) is 0.424. The predicted molar refractivity (Wildman–Crippen MR) is 62.1 cm³/mol. The Morgan fingerprint density at radius 3 is 3.13 bits per heavy atom. The number of aromatic nitrogens is 1. The van der Waals surface area contributed by atoms with E-state index >= 15 is 0 Å². The van der Waals surface area contributed by atoms with Crippen molar-refractivity contribution in [3.8, 4) is 0 Å². The Morgan fingerprint density at radius 1 is 1.73 bits per heavy atom. The third-order valence-corrected chi connectivity index (χ3v) is 4.22. The van der Waals surface area contributed by atoms with E-state index in [0.29, 0.717) is 6.04 Å². The van der Waals surface area contributed by atoms with Crippen LogP contribution in [0.25, 0.3) is 0 Å². The molecule has 15 heavy (non-hydrogen) atoms. The molecule has 2 rings (SSSR count). The SMILES string of the molecule is CCC1CC(O)(c2nc(C)cs2)CCN1. The van der Waals surface area contributed by atoms with E-state index in [2.05, 4.69) is 17.2 Å². The van der Waals surface area contributed by atoms with Crippen molar-refractivity contribution in [1.82, 2.24) is 10.3 Å². The third kappa shape index (κ3) is 2.22. The van der Waals surface area contributed by atoms with E-state index in [4.69, 9.17) is 0 Å². The average Bonchev–Trinajstić information content (AvgIpc) is 2.65. The molecular formula is C11H18N2OS. The highest BCUT2D eigenvalue weighted by atomic mass is 32.1. The van der Waals surface area contributed by atoms with Crippen LogP contribution in [-0.4, -0.2) is 22.7 Å². The van der Waals surface area contributed by atoms with E-state index in [9.17, 15) is 5.11 Å². The van der Waals surface area contributed by atoms with E-state index in [-0.39, 0.29) is 0 Å². The number of nitrogens with one attached hydrogen (secondary N) is 1. The van der Waals surface area contributed by atoms with E-state index in [0.717, 1.165) is 36.5 Å². The van der Waals surface area contributed by atoms with Crippen molar-refractivity contribution >= 4 is 11.3 Å². The number of thiazole rings is 1. The molecule has 1 fully saturated rings. The Labute approximate surface area is 94.5 Å². The van der Waals surface area contributed by atoms with Crippen molar-refractivity contribution in [3.05, 3.63) is 16.1 Å². The second-order valence-corrected chi connectivity index (χ2v) is 5.20. The summed E-state index contributed by atoms with van der Waals surface area (Å²) >= 11 is 1.58. The highest BCUT2D eigenvalue weighted by Crippen LogP contribution is 2.35. The fourth-order valence-corrected chi connectivity index (χ4v) is 3.05. The van der Waals surface area contributed by atoms with E-state index < -0.39 is 5.60 Å². The van der Waals surface area contributed by atoms with Crippen LogP contribution in [-0.2, 0) is 5.60 Å². The van der Waals surface area contributed by atoms with Gasteiger partial charge in [-0.15, -0.1) is 11.3 Å². The highest BCUT2D eigenvalue weighted by Gasteiger charge is 2.37. The van der Waals surface area contributed by atoms with Crippen LogP contribution < -0.4 is 5.32 Å². The number of piperidine rings is 1. The van der Waals surface area contributed by atoms with Crippen molar-refractivity contribution < 1.29 is 5.11 Å². The van der Waals surface area contributed by atoms with Gasteiger partial charge in [-0.2, -0.15) is 0 Å². The molecule has 1 saturated heterocycles. The zero-order valence-corrected chi connectivity index (χ0v) is 10.1. The van der Waals surface area contributed by atoms with Crippen LogP contribution in [0.5, 0.6) is 0 Å². The first-order chi connectivity index (χ1) is 7.14. The minimum absolute atomic E-state index is 0.424. The summed E-state index contributed by atoms with van der Waals surface area (Å²) in [7, 11) is 0. The molecule has 0 bridgehead atoms. The fourth-order valence-electron chi connectivity index (χ4n) is 2.12. The summed E-state index contributed by atoms with van der Waals surface area (Å²) in [6.07, 6.45) is 2.62. The van der Waals surface area contributed by atoms with Crippen LogP contribution in [0, 0.1) is 6.92 Å². The van der Waals surface area contributed by atoms with Gasteiger partial charge in [-0.25, -0.2) is 4.98 Å². The molecule has 0 aromatic carbocycles. The first kappa shape index (κ1) is 11.0. The van der Waals surface area contributed by atoms with Crippen LogP contribution >= 0.6 is 11.3 Å². The first-order valence-corrected chi connectivity index (χ1v) is 6.40. The Bertz CT molecular complexity index is 339. The molecule has 1 aromatic heterocycles. The van der Waals surface area contributed by atoms with Crippen LogP contribution in [0.4, 0.5) is 0 Å². The van der Waals surface area contributed by atoms with Gasteiger partial charge in [0.15, 0.2) is 0 Å². The summed E-state index contributed by atoms with van der Waals surface area (Å²) in [5, 5.41) is 16.9. The van der Waals surface area contributed by atoms with Gasteiger partial charge in [-0.3, -0.25) is 0 Å². The van der Waals surface area contributed by atoms with Crippen LogP contribution in [0.1, 0.15) is 36.9 Å². The van der Waals surface area contributed by atoms with Gasteiger partial charge in [0.1, 0.15) is 10.6 Å². The third-order valence-electron chi connectivity index (χ3n) is 3.07. The molecular weight excluding hydrogens is 208 g/mol. The van der Waals surface area contributed by atoms with Crippen LogP contribution in [0.3, 0.4) is 0 Å². The summed E-state index contributed by atoms with van der Waals surface area (Å²) in [6.45, 7) is 5.01. The van der Waals surface area contributed by atoms with Gasteiger partial charge in [-0.1, -0.05) is 6.92 Å². The summed E-state index contributed by atoms with van der Waals surface area (Å²) < 4.78 is 0. The number of aryl methyl sites for hydroxylation is 1. The lowest BCUT2D eigenvalue weighted by molar-refractivity contribution is -0.00967. The van der Waals surface area contributed by atoms with E-state index in [1.54, 1.807) is 11.3 Å². The molecule has 1 aliphatic rings. The second-order valence-electron chi connectivity index (χ2n) is 4.34. The van der Waals surface area contributed by atoms with Crippen molar-refractivity contribution in [1.29, 1.82) is 0 Å². The largest absolute Gasteiger partial charge is 0.383 e. The predicted octanol–water partition coefficient (Wildman–Crippen LogP) is 1.80. The number of aliphatic hydroxyl groups is 1. The van der Waals surface area contributed by atoms with Gasteiger partial charge < -0.3 is 10.4 Å². The topological polar surface area (TPSA) is 45.2 Å². The molecule has 1 aromatic rings. The van der Waals surface area contributed by atoms with Crippen molar-refractivity contribution in [2.24, 2.45) is 0 Å². The van der Waals surface area contributed by atoms with E-state index in [1.165, 1.54) is 0 Å². The standard InChI is InChI=1S/C11H18N2OS/c1-3-9-6-11(14,4-5-12-9)10-13-8(2)7-15-10/h7,9,12,14H,3-6H2,1-2H3. The molecule has 4 heteroatoms. The monoisotopic (exact) mass is 226 g/mol. The van der Waals surface area contributed by atoms with Gasteiger partial charge in [0.05, 0.1) is 0 Å². The lowest BCUT2D eigenvalue weighted by atomic mass is 9.87. The number of hydrogen-bond donors (Lipinski definition) is 2. The molecule has 0 spiro atoms. The minimum atomic E-state index is -0.690. The summed E-state index contributed by atoms with van der Waals surface area (Å²) in [4.78, 5) is 4.42. The van der Waals surface area contributed by atoms with Crippen molar-refractivity contribution in [2.45, 2.75) is 44.8 Å². The van der Waals surface area contributed by atoms with E-state index in [1.807, 2.05) is 12.3 Å². The maximum atomic E-state index is 10.6. The second kappa shape index (κ2) is 4.20. The van der Waals surface area contributed by atoms with Gasteiger partial charge >= 0.3 is 0 Å². The molecule has 0 saturated carbocycles. The Morgan fingerprint density at radius 2 is 2.53 bits per heavy atom. The lowest BCUT2D eigenvalue weighted by Crippen LogP contribution is -2.46. The molecule has 2 N–H and O–H groups in total. The van der Waals surface area contributed by atoms with Gasteiger partial charge in [0, 0.05) is 17.1 Å². The maximum absolute atomic E-state index is 10.6. The lowest BCUT2D eigenvalue weighted by Gasteiger charge is -2.35. The highest BCUT2D eigenvalue weighted by molar-refractivity contribution is 7.09. The number of hydrogen-bond acceptors (Lipinski definition) is 4. The molecule has 0 amide bonds. The average molecular weight is 226 g/mol. The molecule has 0 radical (unpaired) electrons. The zero-order chi connectivity index (χ0) is 10.9. The number of rotatable bonds is 2. The molecule has 2 heterocycles. The smallest absolute Gasteiger partial charge is 0.125 e. The summed E-state index contributed by atoms with van der Waals surface area (Å²) in [5.41, 5.74) is 0.320. The summed E-state index contributed by atoms with van der Waals surface area (Å²) in [5.74, 6) is 0. The molecule has 84 valence electrons. The minimum Gasteiger partial charge on any atom is -0.383 e. The quantitative estimate of drug-likeness (QED) is 0.808. The van der Waals surface area contributed by atoms with Gasteiger partial charge in [0.25, 0.3) is 0 Å². The Kier molecular flexibility index (Phi) is 3.09. The maximum Gasteiger partial charge on any atom is 0.125 e. The Balaban J connectivity index is 2.18. The van der Waals surface area contributed by atoms with Crippen molar-refractivity contribution in [3.63, 3.8) is 0 Å². The zero-order valence-electron chi connectivity index (χ0n) is 9.29.